The molecule has 4 fully saturated rings. The van der Waals surface area contributed by atoms with Crippen molar-refractivity contribution in [2.45, 2.75) is 89.8 Å². The monoisotopic (exact) mass is 446 g/mol. The van der Waals surface area contributed by atoms with Crippen LogP contribution in [0.5, 0.6) is 0 Å². The number of primary amides is 1. The minimum Gasteiger partial charge on any atom is -0.363 e. The van der Waals surface area contributed by atoms with E-state index in [2.05, 4.69) is 19.2 Å². The van der Waals surface area contributed by atoms with Crippen LogP contribution in [0.1, 0.15) is 71.6 Å². The van der Waals surface area contributed by atoms with Gasteiger partial charge in [0, 0.05) is 6.54 Å². The minimum atomic E-state index is -1.03. The number of carbonyl (C=O) groups excluding carboxylic acids is 4. The van der Waals surface area contributed by atoms with E-state index in [0.717, 1.165) is 44.9 Å². The van der Waals surface area contributed by atoms with Crippen LogP contribution in [0.3, 0.4) is 0 Å². The highest BCUT2D eigenvalue weighted by atomic mass is 16.2. The Hall–Kier alpha value is -1.96. The Kier molecular flexibility index (Phi) is 6.36. The van der Waals surface area contributed by atoms with Gasteiger partial charge in [0.1, 0.15) is 6.04 Å². The van der Waals surface area contributed by atoms with Crippen molar-refractivity contribution in [1.82, 2.24) is 10.2 Å². The molecule has 178 valence electrons. The number of Topliss-reactive ketones (excluding diaryl/α,β-unsaturated/α-hetero) is 1. The fourth-order valence-electron chi connectivity index (χ4n) is 6.42. The average Bonchev–Trinajstić information content (AvgIpc) is 3.08. The topological polar surface area (TPSA) is 136 Å². The molecule has 4 rings (SSSR count). The number of nitrogens with zero attached hydrogens (tertiary/aromatic N) is 1. The summed E-state index contributed by atoms with van der Waals surface area (Å²) in [5.74, 6) is -1.54. The zero-order valence-electron chi connectivity index (χ0n) is 19.3. The highest BCUT2D eigenvalue weighted by Gasteiger charge is 2.69. The molecule has 0 spiro atoms. The van der Waals surface area contributed by atoms with Crippen molar-refractivity contribution in [2.24, 2.45) is 40.6 Å². The molecule has 0 aromatic heterocycles. The second-order valence-electron chi connectivity index (χ2n) is 11.1. The van der Waals surface area contributed by atoms with Gasteiger partial charge in [-0.3, -0.25) is 19.2 Å². The smallest absolute Gasteiger partial charge is 0.287 e. The number of nitrogens with two attached hydrogens (primary N) is 2. The summed E-state index contributed by atoms with van der Waals surface area (Å²) in [6.07, 6.45) is 8.75. The van der Waals surface area contributed by atoms with E-state index in [1.54, 1.807) is 4.90 Å². The molecular weight excluding hydrogens is 408 g/mol. The SMILES string of the molecule is CC1(C)C2CN(C(=O)[C@@H](N)C3CCCCC3)C(C(=O)NC(CC3CCC3)C(=O)C(N)=O)C21. The quantitative estimate of drug-likeness (QED) is 0.480. The summed E-state index contributed by atoms with van der Waals surface area (Å²) in [6.45, 7) is 4.75. The number of piperidine rings is 1. The Morgan fingerprint density at radius 2 is 1.69 bits per heavy atom. The second-order valence-corrected chi connectivity index (χ2v) is 11.1. The van der Waals surface area contributed by atoms with Crippen molar-refractivity contribution in [3.05, 3.63) is 0 Å². The number of rotatable bonds is 8. The fraction of sp³-hybridized carbons (Fsp3) is 0.833. The van der Waals surface area contributed by atoms with E-state index in [1.165, 1.54) is 6.42 Å². The second kappa shape index (κ2) is 8.76. The van der Waals surface area contributed by atoms with Crippen LogP contribution in [-0.4, -0.2) is 53.1 Å². The molecule has 4 unspecified atom stereocenters. The highest BCUT2D eigenvalue weighted by molar-refractivity contribution is 6.37. The van der Waals surface area contributed by atoms with Gasteiger partial charge >= 0.3 is 0 Å². The maximum absolute atomic E-state index is 13.5. The Bertz CT molecular complexity index is 787. The van der Waals surface area contributed by atoms with Gasteiger partial charge in [0.25, 0.3) is 5.91 Å². The third kappa shape index (κ3) is 4.18. The number of hydrogen-bond acceptors (Lipinski definition) is 5. The van der Waals surface area contributed by atoms with E-state index in [-0.39, 0.29) is 35.0 Å². The van der Waals surface area contributed by atoms with Crippen LogP contribution in [-0.2, 0) is 19.2 Å². The number of hydrogen-bond donors (Lipinski definition) is 3. The summed E-state index contributed by atoms with van der Waals surface area (Å²) in [5, 5.41) is 2.81. The lowest BCUT2D eigenvalue weighted by Crippen LogP contribution is -2.58. The summed E-state index contributed by atoms with van der Waals surface area (Å²) in [7, 11) is 0. The van der Waals surface area contributed by atoms with Crippen molar-refractivity contribution in [1.29, 1.82) is 0 Å². The maximum Gasteiger partial charge on any atom is 0.287 e. The molecule has 4 aliphatic rings. The van der Waals surface area contributed by atoms with Crippen molar-refractivity contribution < 1.29 is 19.2 Å². The summed E-state index contributed by atoms with van der Waals surface area (Å²) in [6, 6.07) is -2.17. The van der Waals surface area contributed by atoms with Crippen LogP contribution < -0.4 is 16.8 Å². The first-order valence-electron chi connectivity index (χ1n) is 12.3. The van der Waals surface area contributed by atoms with Gasteiger partial charge in [0.05, 0.1) is 12.1 Å². The molecule has 3 saturated carbocycles. The molecule has 1 saturated heterocycles. The number of amides is 3. The molecular formula is C24H38N4O4. The van der Waals surface area contributed by atoms with E-state index in [0.29, 0.717) is 18.9 Å². The van der Waals surface area contributed by atoms with Crippen LogP contribution in [0.4, 0.5) is 0 Å². The van der Waals surface area contributed by atoms with E-state index in [9.17, 15) is 19.2 Å². The van der Waals surface area contributed by atoms with Gasteiger partial charge < -0.3 is 21.7 Å². The molecule has 0 radical (unpaired) electrons. The Morgan fingerprint density at radius 1 is 1.03 bits per heavy atom. The molecule has 8 nitrogen and oxygen atoms in total. The first-order chi connectivity index (χ1) is 15.1. The van der Waals surface area contributed by atoms with E-state index >= 15 is 0 Å². The molecule has 32 heavy (non-hydrogen) atoms. The summed E-state index contributed by atoms with van der Waals surface area (Å²) in [4.78, 5) is 52.5. The zero-order chi connectivity index (χ0) is 23.2. The van der Waals surface area contributed by atoms with E-state index in [4.69, 9.17) is 11.5 Å². The minimum absolute atomic E-state index is 0.0368. The molecule has 3 amide bonds. The molecule has 5 N–H and O–H groups in total. The molecule has 8 heteroatoms. The predicted octanol–water partition coefficient (Wildman–Crippen LogP) is 1.11. The third-order valence-electron chi connectivity index (χ3n) is 8.87. The van der Waals surface area contributed by atoms with Crippen LogP contribution >= 0.6 is 0 Å². The molecule has 3 aliphatic carbocycles. The first-order valence-corrected chi connectivity index (χ1v) is 12.3. The van der Waals surface area contributed by atoms with Crippen molar-refractivity contribution >= 4 is 23.5 Å². The maximum atomic E-state index is 13.5. The molecule has 5 atom stereocenters. The van der Waals surface area contributed by atoms with Gasteiger partial charge in [0.15, 0.2) is 0 Å². The lowest BCUT2D eigenvalue weighted by molar-refractivity contribution is -0.144. The van der Waals surface area contributed by atoms with Gasteiger partial charge in [-0.1, -0.05) is 52.4 Å². The predicted molar refractivity (Wildman–Crippen MR) is 119 cm³/mol. The third-order valence-corrected chi connectivity index (χ3v) is 8.87. The molecule has 0 aromatic rings. The largest absolute Gasteiger partial charge is 0.363 e. The molecule has 0 bridgehead atoms. The van der Waals surface area contributed by atoms with Crippen LogP contribution in [0.15, 0.2) is 0 Å². The van der Waals surface area contributed by atoms with Gasteiger partial charge in [-0.15, -0.1) is 0 Å². The Balaban J connectivity index is 1.49. The number of fused-ring (bicyclic) bond motifs is 1. The van der Waals surface area contributed by atoms with Crippen LogP contribution in [0.25, 0.3) is 0 Å². The summed E-state index contributed by atoms with van der Waals surface area (Å²) >= 11 is 0. The highest BCUT2D eigenvalue weighted by Crippen LogP contribution is 2.65. The van der Waals surface area contributed by atoms with E-state index in [1.807, 2.05) is 0 Å². The fourth-order valence-corrected chi connectivity index (χ4v) is 6.42. The van der Waals surface area contributed by atoms with E-state index < -0.39 is 29.8 Å². The molecule has 1 aliphatic heterocycles. The summed E-state index contributed by atoms with van der Waals surface area (Å²) in [5.41, 5.74) is 11.6. The lowest BCUT2D eigenvalue weighted by atomic mass is 9.80. The van der Waals surface area contributed by atoms with Gasteiger partial charge in [-0.25, -0.2) is 0 Å². The normalized spacial score (nSPS) is 31.2. The number of nitrogens with one attached hydrogen (secondary N) is 1. The Labute approximate surface area is 190 Å². The Morgan fingerprint density at radius 3 is 2.25 bits per heavy atom. The van der Waals surface area contributed by atoms with Crippen molar-refractivity contribution in [3.8, 4) is 0 Å². The average molecular weight is 447 g/mol. The molecule has 0 aromatic carbocycles. The zero-order valence-corrected chi connectivity index (χ0v) is 19.3. The van der Waals surface area contributed by atoms with Gasteiger partial charge in [0.2, 0.25) is 17.6 Å². The lowest BCUT2D eigenvalue weighted by Gasteiger charge is -2.36. The number of ketones is 1. The standard InChI is InChI=1S/C24H38N4O4/c1-24(2)15-12-28(23(32)18(25)14-9-4-3-5-10-14)19(17(15)24)22(31)27-16(20(29)21(26)30)11-13-7-6-8-13/h13-19H,3-12,25H2,1-2H3,(H2,26,30)(H,27,31)/t15?,16?,17?,18-,19?/m0/s1. The number of likely N-dealkylation sites (tertiary alicyclic amines) is 1. The first kappa shape index (κ1) is 23.2. The van der Waals surface area contributed by atoms with Gasteiger partial charge in [-0.05, 0) is 48.3 Å². The van der Waals surface area contributed by atoms with Crippen molar-refractivity contribution in [2.75, 3.05) is 6.54 Å². The molecule has 1 heterocycles. The van der Waals surface area contributed by atoms with Crippen molar-refractivity contribution in [3.63, 3.8) is 0 Å². The van der Waals surface area contributed by atoms with Crippen LogP contribution in [0.2, 0.25) is 0 Å². The number of carbonyl (C=O) groups is 4. The summed E-state index contributed by atoms with van der Waals surface area (Å²) < 4.78 is 0. The van der Waals surface area contributed by atoms with Crippen LogP contribution in [0, 0.1) is 29.1 Å². The van der Waals surface area contributed by atoms with Gasteiger partial charge in [-0.2, -0.15) is 0 Å².